The molecule has 264 valence electrons. The van der Waals surface area contributed by atoms with Gasteiger partial charge in [-0.15, -0.1) is 0 Å². The van der Waals surface area contributed by atoms with Crippen LogP contribution < -0.4 is 0 Å². The highest BCUT2D eigenvalue weighted by molar-refractivity contribution is 6.02. The van der Waals surface area contributed by atoms with Crippen LogP contribution in [0.1, 0.15) is 50.6 Å². The van der Waals surface area contributed by atoms with Crippen LogP contribution in [0.4, 0.5) is 0 Å². The highest BCUT2D eigenvalue weighted by Crippen LogP contribution is 2.47. The topological polar surface area (TPSA) is 12.9 Å². The fourth-order valence-corrected chi connectivity index (χ4v) is 9.52. The van der Waals surface area contributed by atoms with Gasteiger partial charge in [-0.1, -0.05) is 176 Å². The van der Waals surface area contributed by atoms with Gasteiger partial charge in [-0.3, -0.25) is 4.98 Å². The van der Waals surface area contributed by atoms with E-state index in [2.05, 4.69) is 188 Å². The number of aromatic nitrogens is 1. The number of benzene rings is 8. The molecule has 9 aromatic rings. The van der Waals surface area contributed by atoms with Crippen molar-refractivity contribution in [2.75, 3.05) is 0 Å². The Kier molecular flexibility index (Phi) is 7.84. The molecule has 0 amide bonds. The predicted molar refractivity (Wildman–Crippen MR) is 234 cm³/mol. The van der Waals surface area contributed by atoms with Gasteiger partial charge < -0.3 is 0 Å². The van der Waals surface area contributed by atoms with Gasteiger partial charge in [0.15, 0.2) is 0 Å². The van der Waals surface area contributed by atoms with Gasteiger partial charge in [-0.05, 0) is 119 Å². The van der Waals surface area contributed by atoms with Gasteiger partial charge in [-0.25, -0.2) is 0 Å². The zero-order chi connectivity index (χ0) is 37.0. The molecule has 8 aromatic carbocycles. The van der Waals surface area contributed by atoms with Crippen molar-refractivity contribution in [3.63, 3.8) is 0 Å². The van der Waals surface area contributed by atoms with Crippen molar-refractivity contribution < 1.29 is 0 Å². The van der Waals surface area contributed by atoms with Gasteiger partial charge >= 0.3 is 0 Å². The summed E-state index contributed by atoms with van der Waals surface area (Å²) in [5.41, 5.74) is 19.7. The molecule has 56 heavy (non-hydrogen) atoms. The molecule has 0 N–H and O–H groups in total. The first kappa shape index (κ1) is 32.6. The van der Waals surface area contributed by atoms with E-state index in [-0.39, 0.29) is 5.92 Å². The normalized spacial score (nSPS) is 14.3. The Balaban J connectivity index is 1.05. The van der Waals surface area contributed by atoms with Crippen molar-refractivity contribution >= 4 is 27.1 Å². The summed E-state index contributed by atoms with van der Waals surface area (Å²) in [4.78, 5) is 4.82. The summed E-state index contributed by atoms with van der Waals surface area (Å²) in [6.07, 6.45) is 7.05. The number of pyridine rings is 1. The summed E-state index contributed by atoms with van der Waals surface area (Å²) in [7, 11) is 0. The molecule has 0 fully saturated rings. The minimum absolute atomic E-state index is 0.259. The summed E-state index contributed by atoms with van der Waals surface area (Å²) in [5, 5.41) is 5.20. The number of allylic oxidation sites excluding steroid dienone is 1. The van der Waals surface area contributed by atoms with Crippen LogP contribution in [-0.4, -0.2) is 4.98 Å². The number of fused-ring (bicyclic) bond motifs is 9. The molecule has 0 aliphatic heterocycles. The molecule has 2 aliphatic rings. The minimum Gasteiger partial charge on any atom is -0.260 e. The second-order valence-corrected chi connectivity index (χ2v) is 15.3. The van der Waals surface area contributed by atoms with Crippen LogP contribution in [-0.2, 0) is 19.3 Å². The van der Waals surface area contributed by atoms with E-state index in [0.717, 1.165) is 25.0 Å². The molecule has 0 saturated heterocycles. The molecule has 1 unspecified atom stereocenters. The summed E-state index contributed by atoms with van der Waals surface area (Å²) < 4.78 is 0. The number of rotatable bonds is 6. The number of hydrogen-bond acceptors (Lipinski definition) is 1. The Morgan fingerprint density at radius 1 is 0.554 bits per heavy atom. The third-order valence-corrected chi connectivity index (χ3v) is 12.2. The van der Waals surface area contributed by atoms with Crippen LogP contribution in [0.2, 0.25) is 0 Å². The average Bonchev–Trinajstić information content (AvgIpc) is 3.66. The Morgan fingerprint density at radius 3 is 2.20 bits per heavy atom. The largest absolute Gasteiger partial charge is 0.260 e. The Labute approximate surface area is 328 Å². The molecule has 1 nitrogen and oxygen atoms in total. The Morgan fingerprint density at radius 2 is 1.27 bits per heavy atom. The fraction of sp³-hybridized carbons (Fsp3) is 0.0727. The van der Waals surface area contributed by atoms with Crippen molar-refractivity contribution in [1.29, 1.82) is 0 Å². The van der Waals surface area contributed by atoms with Gasteiger partial charge in [0.1, 0.15) is 0 Å². The molecular formula is C55H39N. The van der Waals surface area contributed by atoms with Gasteiger partial charge in [-0.2, -0.15) is 0 Å². The van der Waals surface area contributed by atoms with Crippen LogP contribution in [0.15, 0.2) is 194 Å². The van der Waals surface area contributed by atoms with Gasteiger partial charge in [0.2, 0.25) is 0 Å². The van der Waals surface area contributed by atoms with E-state index in [0.29, 0.717) is 0 Å². The molecule has 0 saturated carbocycles. The zero-order valence-corrected chi connectivity index (χ0v) is 31.1. The van der Waals surface area contributed by atoms with Crippen molar-refractivity contribution in [2.24, 2.45) is 0 Å². The first-order chi connectivity index (χ1) is 27.8. The van der Waals surface area contributed by atoms with Crippen LogP contribution in [0.3, 0.4) is 0 Å². The molecule has 2 aliphatic carbocycles. The van der Waals surface area contributed by atoms with Crippen molar-refractivity contribution in [3.05, 3.63) is 239 Å². The molecule has 0 bridgehead atoms. The van der Waals surface area contributed by atoms with Crippen LogP contribution >= 0.6 is 0 Å². The lowest BCUT2D eigenvalue weighted by molar-refractivity contribution is 0.796. The lowest BCUT2D eigenvalue weighted by Gasteiger charge is -2.29. The second-order valence-electron chi connectivity index (χ2n) is 15.3. The molecule has 1 atom stereocenters. The van der Waals surface area contributed by atoms with Crippen LogP contribution in [0.5, 0.6) is 0 Å². The standard InChI is InChI=1S/C55H39N/c1-2-11-37(12-3-1)38-25-22-36(23-26-38)24-31-48(45-19-9-20-46-49-21-10-32-56-54(49)35-53(45)46)44-18-8-14-40-27-29-41(33-51(40)44)52-34-42-30-28-39-13-4-5-15-43(39)55(42)50-17-7-6-16-47(50)52/h1-23,25-33,52H,24,34-35H2/b48-31+. The monoisotopic (exact) mass is 713 g/mol. The Bertz CT molecular complexity index is 2990. The third-order valence-electron chi connectivity index (χ3n) is 12.2. The average molecular weight is 714 g/mol. The maximum atomic E-state index is 4.82. The molecule has 1 aromatic heterocycles. The van der Waals surface area contributed by atoms with Crippen molar-refractivity contribution in [2.45, 2.75) is 25.2 Å². The van der Waals surface area contributed by atoms with E-state index in [9.17, 15) is 0 Å². The molecule has 1 heteroatoms. The number of hydrogen-bond donors (Lipinski definition) is 0. The molecule has 0 radical (unpaired) electrons. The third kappa shape index (κ3) is 5.50. The summed E-state index contributed by atoms with van der Waals surface area (Å²) in [5.74, 6) is 0.259. The summed E-state index contributed by atoms with van der Waals surface area (Å²) in [6.45, 7) is 0. The van der Waals surface area contributed by atoms with Crippen molar-refractivity contribution in [3.8, 4) is 33.4 Å². The number of nitrogens with zero attached hydrogens (tertiary/aromatic N) is 1. The smallest absolute Gasteiger partial charge is 0.0526 e. The SMILES string of the molecule is C(/Cc1ccc(-c2ccccc2)cc1)=C(\c1cccc2c1Cc1ncccc1-2)c1cccc2ccc(C3Cc4ccc5ccccc5c4-c4ccccc43)cc12. The molecule has 11 rings (SSSR count). The molecule has 0 spiro atoms. The van der Waals surface area contributed by atoms with E-state index >= 15 is 0 Å². The Hall–Kier alpha value is -6.83. The maximum Gasteiger partial charge on any atom is 0.0526 e. The van der Waals surface area contributed by atoms with E-state index < -0.39 is 0 Å². The zero-order valence-electron chi connectivity index (χ0n) is 31.1. The minimum atomic E-state index is 0.259. The van der Waals surface area contributed by atoms with Crippen LogP contribution in [0, 0.1) is 0 Å². The lowest BCUT2D eigenvalue weighted by Crippen LogP contribution is -2.13. The first-order valence-corrected chi connectivity index (χ1v) is 19.8. The van der Waals surface area contributed by atoms with Gasteiger partial charge in [0.05, 0.1) is 5.69 Å². The highest BCUT2D eigenvalue weighted by Gasteiger charge is 2.28. The van der Waals surface area contributed by atoms with E-state index in [1.165, 1.54) is 99.4 Å². The van der Waals surface area contributed by atoms with Gasteiger partial charge in [0, 0.05) is 24.1 Å². The molecule has 1 heterocycles. The van der Waals surface area contributed by atoms with E-state index in [1.807, 2.05) is 6.20 Å². The maximum absolute atomic E-state index is 4.82. The van der Waals surface area contributed by atoms with E-state index in [1.54, 1.807) is 0 Å². The fourth-order valence-electron chi connectivity index (χ4n) is 9.52. The second kappa shape index (κ2) is 13.5. The van der Waals surface area contributed by atoms with E-state index in [4.69, 9.17) is 4.98 Å². The highest BCUT2D eigenvalue weighted by atomic mass is 14.7. The quantitative estimate of drug-likeness (QED) is 0.167. The molecular weight excluding hydrogens is 675 g/mol. The van der Waals surface area contributed by atoms with Crippen LogP contribution in [0.25, 0.3) is 60.5 Å². The summed E-state index contributed by atoms with van der Waals surface area (Å²) >= 11 is 0. The van der Waals surface area contributed by atoms with Gasteiger partial charge in [0.25, 0.3) is 0 Å². The lowest BCUT2D eigenvalue weighted by atomic mass is 9.74. The van der Waals surface area contributed by atoms with Crippen molar-refractivity contribution in [1.82, 2.24) is 4.98 Å². The first-order valence-electron chi connectivity index (χ1n) is 19.8. The predicted octanol–water partition coefficient (Wildman–Crippen LogP) is 13.7. The summed E-state index contributed by atoms with van der Waals surface area (Å²) in [6, 6.07) is 67.5.